The Balaban J connectivity index is 1.78. The molecule has 0 unspecified atom stereocenters. The SMILES string of the molecule is Cn1nc(C(=O)N2CCO[C@@H]3CCCC[C@H]32)c2ccccc2c1=O. The summed E-state index contributed by atoms with van der Waals surface area (Å²) in [5.41, 5.74) is 0.179. The van der Waals surface area contributed by atoms with E-state index >= 15 is 0 Å². The summed E-state index contributed by atoms with van der Waals surface area (Å²) >= 11 is 0. The Morgan fingerprint density at radius 3 is 2.79 bits per heavy atom. The molecule has 2 heterocycles. The van der Waals surface area contributed by atoms with Crippen molar-refractivity contribution in [3.63, 3.8) is 0 Å². The third kappa shape index (κ3) is 2.41. The van der Waals surface area contributed by atoms with E-state index in [1.807, 2.05) is 17.0 Å². The van der Waals surface area contributed by atoms with E-state index < -0.39 is 0 Å². The van der Waals surface area contributed by atoms with Crippen molar-refractivity contribution in [2.75, 3.05) is 13.2 Å². The number of fused-ring (bicyclic) bond motifs is 2. The largest absolute Gasteiger partial charge is 0.374 e. The number of aromatic nitrogens is 2. The number of hydrogen-bond donors (Lipinski definition) is 0. The Labute approximate surface area is 140 Å². The fourth-order valence-electron chi connectivity index (χ4n) is 3.94. The van der Waals surface area contributed by atoms with Gasteiger partial charge in [-0.1, -0.05) is 31.0 Å². The van der Waals surface area contributed by atoms with Gasteiger partial charge in [0.25, 0.3) is 11.5 Å². The average Bonchev–Trinajstić information content (AvgIpc) is 2.63. The van der Waals surface area contributed by atoms with Crippen molar-refractivity contribution < 1.29 is 9.53 Å². The zero-order chi connectivity index (χ0) is 16.7. The van der Waals surface area contributed by atoms with Gasteiger partial charge in [-0.3, -0.25) is 9.59 Å². The lowest BCUT2D eigenvalue weighted by molar-refractivity contribution is -0.0754. The van der Waals surface area contributed by atoms with Crippen LogP contribution >= 0.6 is 0 Å². The van der Waals surface area contributed by atoms with Gasteiger partial charge in [0.05, 0.1) is 24.1 Å². The number of hydrogen-bond acceptors (Lipinski definition) is 4. The van der Waals surface area contributed by atoms with Crippen LogP contribution in [0.2, 0.25) is 0 Å². The number of ether oxygens (including phenoxy) is 1. The third-order valence-electron chi connectivity index (χ3n) is 5.15. The molecule has 6 heteroatoms. The normalized spacial score (nSPS) is 24.0. The van der Waals surface area contributed by atoms with E-state index in [1.54, 1.807) is 19.2 Å². The van der Waals surface area contributed by atoms with Crippen molar-refractivity contribution >= 4 is 16.7 Å². The summed E-state index contributed by atoms with van der Waals surface area (Å²) in [5, 5.41) is 5.45. The molecule has 4 rings (SSSR count). The fraction of sp³-hybridized carbons (Fsp3) is 0.500. The van der Waals surface area contributed by atoms with Crippen LogP contribution in [0.4, 0.5) is 0 Å². The molecular formula is C18H21N3O3. The predicted molar refractivity (Wildman–Crippen MR) is 90.0 cm³/mol. The molecule has 2 aliphatic rings. The highest BCUT2D eigenvalue weighted by Crippen LogP contribution is 2.30. The zero-order valence-electron chi connectivity index (χ0n) is 13.8. The van der Waals surface area contributed by atoms with Gasteiger partial charge < -0.3 is 9.64 Å². The lowest BCUT2D eigenvalue weighted by atomic mass is 9.90. The first-order valence-corrected chi connectivity index (χ1v) is 8.55. The van der Waals surface area contributed by atoms with E-state index in [1.165, 1.54) is 4.68 Å². The molecule has 0 spiro atoms. The van der Waals surface area contributed by atoms with Crippen molar-refractivity contribution in [1.82, 2.24) is 14.7 Å². The maximum absolute atomic E-state index is 13.2. The highest BCUT2D eigenvalue weighted by Gasteiger charge is 2.38. The average molecular weight is 327 g/mol. The van der Waals surface area contributed by atoms with E-state index in [9.17, 15) is 9.59 Å². The summed E-state index contributed by atoms with van der Waals surface area (Å²) in [5.74, 6) is -0.0954. The Kier molecular flexibility index (Phi) is 3.84. The van der Waals surface area contributed by atoms with Crippen LogP contribution in [0, 0.1) is 0 Å². The quantitative estimate of drug-likeness (QED) is 0.800. The minimum Gasteiger partial charge on any atom is -0.374 e. The second-order valence-corrected chi connectivity index (χ2v) is 6.58. The molecule has 2 fully saturated rings. The number of carbonyl (C=O) groups is 1. The summed E-state index contributed by atoms with van der Waals surface area (Å²) in [6.45, 7) is 1.15. The Morgan fingerprint density at radius 1 is 1.21 bits per heavy atom. The third-order valence-corrected chi connectivity index (χ3v) is 5.15. The van der Waals surface area contributed by atoms with Crippen molar-refractivity contribution in [3.05, 3.63) is 40.3 Å². The monoisotopic (exact) mass is 327 g/mol. The van der Waals surface area contributed by atoms with E-state index in [4.69, 9.17) is 4.74 Å². The fourth-order valence-corrected chi connectivity index (χ4v) is 3.94. The highest BCUT2D eigenvalue weighted by molar-refractivity contribution is 6.04. The van der Waals surface area contributed by atoms with E-state index in [-0.39, 0.29) is 23.6 Å². The molecule has 1 aromatic carbocycles. The van der Waals surface area contributed by atoms with Crippen LogP contribution in [0.5, 0.6) is 0 Å². The highest BCUT2D eigenvalue weighted by atomic mass is 16.5. The molecule has 2 aromatic rings. The van der Waals surface area contributed by atoms with Crippen LogP contribution in [0.3, 0.4) is 0 Å². The number of carbonyl (C=O) groups excluding carboxylic acids is 1. The maximum Gasteiger partial charge on any atom is 0.275 e. The zero-order valence-corrected chi connectivity index (χ0v) is 13.8. The number of morpholine rings is 1. The van der Waals surface area contributed by atoms with Crippen molar-refractivity contribution in [2.24, 2.45) is 7.05 Å². The standard InChI is InChI=1S/C18H21N3O3/c1-20-17(22)13-7-3-2-6-12(13)16(19-20)18(23)21-10-11-24-15-9-5-4-8-14(15)21/h2-3,6-7,14-15H,4-5,8-11H2,1H3/t14-,15-/m1/s1. The first kappa shape index (κ1) is 15.3. The second-order valence-electron chi connectivity index (χ2n) is 6.58. The van der Waals surface area contributed by atoms with Gasteiger partial charge in [0.2, 0.25) is 0 Å². The van der Waals surface area contributed by atoms with Gasteiger partial charge in [-0.25, -0.2) is 4.68 Å². The molecule has 0 radical (unpaired) electrons. The van der Waals surface area contributed by atoms with Gasteiger partial charge in [-0.2, -0.15) is 5.10 Å². The number of rotatable bonds is 1. The van der Waals surface area contributed by atoms with Crippen LogP contribution in [0.25, 0.3) is 10.8 Å². The van der Waals surface area contributed by atoms with Crippen LogP contribution < -0.4 is 5.56 Å². The number of benzene rings is 1. The molecule has 0 N–H and O–H groups in total. The molecule has 6 nitrogen and oxygen atoms in total. The molecule has 1 amide bonds. The number of amides is 1. The molecule has 1 aromatic heterocycles. The molecular weight excluding hydrogens is 306 g/mol. The molecule has 1 saturated heterocycles. The lowest BCUT2D eigenvalue weighted by Gasteiger charge is -2.43. The second kappa shape index (κ2) is 6.02. The van der Waals surface area contributed by atoms with Crippen molar-refractivity contribution in [2.45, 2.75) is 37.8 Å². The van der Waals surface area contributed by atoms with Crippen LogP contribution in [0.1, 0.15) is 36.2 Å². The minimum atomic E-state index is -0.181. The van der Waals surface area contributed by atoms with Crippen LogP contribution in [-0.2, 0) is 11.8 Å². The first-order valence-electron chi connectivity index (χ1n) is 8.55. The summed E-state index contributed by atoms with van der Waals surface area (Å²) in [6.07, 6.45) is 4.39. The summed E-state index contributed by atoms with van der Waals surface area (Å²) in [7, 11) is 1.59. The van der Waals surface area contributed by atoms with Gasteiger partial charge in [-0.15, -0.1) is 0 Å². The van der Waals surface area contributed by atoms with Crippen LogP contribution in [-0.4, -0.2) is 45.9 Å². The van der Waals surface area contributed by atoms with Gasteiger partial charge in [0.1, 0.15) is 0 Å². The van der Waals surface area contributed by atoms with Gasteiger partial charge in [-0.05, 0) is 18.9 Å². The Hall–Kier alpha value is -2.21. The Morgan fingerprint density at radius 2 is 1.96 bits per heavy atom. The molecule has 1 aliphatic carbocycles. The topological polar surface area (TPSA) is 64.4 Å². The number of aryl methyl sites for hydroxylation is 1. The van der Waals surface area contributed by atoms with E-state index in [0.717, 1.165) is 25.7 Å². The van der Waals surface area contributed by atoms with Crippen molar-refractivity contribution in [1.29, 1.82) is 0 Å². The van der Waals surface area contributed by atoms with Crippen molar-refractivity contribution in [3.8, 4) is 0 Å². The maximum atomic E-state index is 13.2. The molecule has 24 heavy (non-hydrogen) atoms. The van der Waals surface area contributed by atoms with Gasteiger partial charge in [0.15, 0.2) is 5.69 Å². The van der Waals surface area contributed by atoms with Gasteiger partial charge >= 0.3 is 0 Å². The molecule has 1 aliphatic heterocycles. The minimum absolute atomic E-state index is 0.0954. The smallest absolute Gasteiger partial charge is 0.275 e. The lowest BCUT2D eigenvalue weighted by Crippen LogP contribution is -2.55. The Bertz CT molecular complexity index is 843. The number of nitrogens with zero attached hydrogens (tertiary/aromatic N) is 3. The van der Waals surface area contributed by atoms with Gasteiger partial charge in [0, 0.05) is 19.0 Å². The predicted octanol–water partition coefficient (Wildman–Crippen LogP) is 1.72. The van der Waals surface area contributed by atoms with Crippen LogP contribution in [0.15, 0.2) is 29.1 Å². The molecule has 1 saturated carbocycles. The molecule has 126 valence electrons. The summed E-state index contributed by atoms with van der Waals surface area (Å²) < 4.78 is 7.12. The summed E-state index contributed by atoms with van der Waals surface area (Å²) in [4.78, 5) is 27.4. The van der Waals surface area contributed by atoms with E-state index in [2.05, 4.69) is 5.10 Å². The van der Waals surface area contributed by atoms with E-state index in [0.29, 0.717) is 29.6 Å². The first-order chi connectivity index (χ1) is 11.7. The summed E-state index contributed by atoms with van der Waals surface area (Å²) in [6, 6.07) is 7.32. The molecule has 0 bridgehead atoms. The molecule has 2 atom stereocenters.